The van der Waals surface area contributed by atoms with Gasteiger partial charge < -0.3 is 10.6 Å². The first-order chi connectivity index (χ1) is 11.6. The SMILES string of the molecule is Cc1ccc(S(=O)(=O)c2ccc3c(c2)[C@H]2CCNCC[C@@H]2N3)cc1. The summed E-state index contributed by atoms with van der Waals surface area (Å²) in [7, 11) is -3.47. The van der Waals surface area contributed by atoms with E-state index < -0.39 is 9.84 Å². The highest BCUT2D eigenvalue weighted by atomic mass is 32.2. The summed E-state index contributed by atoms with van der Waals surface area (Å²) < 4.78 is 25.9. The molecule has 2 aromatic carbocycles. The Hall–Kier alpha value is -1.85. The molecule has 0 amide bonds. The van der Waals surface area contributed by atoms with Gasteiger partial charge in [0.05, 0.1) is 9.79 Å². The third kappa shape index (κ3) is 2.62. The van der Waals surface area contributed by atoms with E-state index in [-0.39, 0.29) is 0 Å². The van der Waals surface area contributed by atoms with E-state index in [1.807, 2.05) is 31.2 Å². The first-order valence-corrected chi connectivity index (χ1v) is 9.97. The Bertz CT molecular complexity index is 859. The van der Waals surface area contributed by atoms with Crippen LogP contribution in [0, 0.1) is 6.92 Å². The first kappa shape index (κ1) is 15.7. The van der Waals surface area contributed by atoms with Crippen molar-refractivity contribution in [2.75, 3.05) is 18.4 Å². The molecule has 2 aromatic rings. The molecule has 4 nitrogen and oxygen atoms in total. The third-order valence-corrected chi connectivity index (χ3v) is 6.92. The fourth-order valence-corrected chi connectivity index (χ4v) is 5.08. The van der Waals surface area contributed by atoms with Crippen molar-refractivity contribution in [2.45, 2.75) is 41.5 Å². The molecule has 24 heavy (non-hydrogen) atoms. The highest BCUT2D eigenvalue weighted by Crippen LogP contribution is 2.41. The van der Waals surface area contributed by atoms with Crippen molar-refractivity contribution in [1.29, 1.82) is 0 Å². The Balaban J connectivity index is 1.73. The van der Waals surface area contributed by atoms with E-state index in [4.69, 9.17) is 0 Å². The van der Waals surface area contributed by atoms with E-state index in [0.29, 0.717) is 21.8 Å². The molecule has 4 rings (SSSR count). The largest absolute Gasteiger partial charge is 0.381 e. The summed E-state index contributed by atoms with van der Waals surface area (Å²) in [4.78, 5) is 0.753. The highest BCUT2D eigenvalue weighted by molar-refractivity contribution is 7.91. The molecule has 0 bridgehead atoms. The molecule has 0 radical (unpaired) electrons. The number of sulfone groups is 1. The quantitative estimate of drug-likeness (QED) is 0.880. The number of hydrogen-bond donors (Lipinski definition) is 2. The van der Waals surface area contributed by atoms with Crippen LogP contribution in [-0.2, 0) is 9.84 Å². The van der Waals surface area contributed by atoms with Crippen molar-refractivity contribution in [3.05, 3.63) is 53.6 Å². The molecule has 1 fully saturated rings. The summed E-state index contributed by atoms with van der Waals surface area (Å²) in [5.74, 6) is 0.392. The van der Waals surface area contributed by atoms with Gasteiger partial charge in [-0.15, -0.1) is 0 Å². The second kappa shape index (κ2) is 5.90. The fraction of sp³-hybridized carbons (Fsp3) is 0.368. The van der Waals surface area contributed by atoms with Crippen molar-refractivity contribution < 1.29 is 8.42 Å². The first-order valence-electron chi connectivity index (χ1n) is 8.49. The number of benzene rings is 2. The van der Waals surface area contributed by atoms with Crippen molar-refractivity contribution in [1.82, 2.24) is 5.32 Å². The van der Waals surface area contributed by atoms with Crippen LogP contribution in [0.15, 0.2) is 52.3 Å². The third-order valence-electron chi connectivity index (χ3n) is 5.15. The Kier molecular flexibility index (Phi) is 3.85. The molecule has 2 heterocycles. The standard InChI is InChI=1S/C19H22N2O2S/c1-13-2-4-14(5-3-13)24(22,23)15-6-7-18-17(12-15)16-8-10-20-11-9-19(16)21-18/h2-7,12,16,19-21H,8-11H2,1H3/t16-,19+/m1/s1. The lowest BCUT2D eigenvalue weighted by atomic mass is 9.91. The molecule has 0 saturated carbocycles. The van der Waals surface area contributed by atoms with Crippen LogP contribution in [0.4, 0.5) is 5.69 Å². The maximum Gasteiger partial charge on any atom is 0.206 e. The van der Waals surface area contributed by atoms with Crippen LogP contribution < -0.4 is 10.6 Å². The zero-order chi connectivity index (χ0) is 16.7. The molecule has 1 saturated heterocycles. The minimum atomic E-state index is -3.47. The van der Waals surface area contributed by atoms with E-state index in [0.717, 1.165) is 42.7 Å². The van der Waals surface area contributed by atoms with Crippen LogP contribution in [0.5, 0.6) is 0 Å². The number of anilines is 1. The van der Waals surface area contributed by atoms with Gasteiger partial charge in [-0.1, -0.05) is 17.7 Å². The van der Waals surface area contributed by atoms with Gasteiger partial charge in [-0.05, 0) is 68.8 Å². The maximum atomic E-state index is 12.9. The monoisotopic (exact) mass is 342 g/mol. The lowest BCUT2D eigenvalue weighted by Crippen LogP contribution is -2.21. The van der Waals surface area contributed by atoms with E-state index in [9.17, 15) is 8.42 Å². The Morgan fingerprint density at radius 1 is 0.958 bits per heavy atom. The molecule has 0 aromatic heterocycles. The normalized spacial score (nSPS) is 23.0. The van der Waals surface area contributed by atoms with E-state index >= 15 is 0 Å². The number of aryl methyl sites for hydroxylation is 1. The molecular formula is C19H22N2O2S. The summed E-state index contributed by atoms with van der Waals surface area (Å²) in [6.45, 7) is 3.95. The van der Waals surface area contributed by atoms with E-state index in [1.165, 1.54) is 0 Å². The number of fused-ring (bicyclic) bond motifs is 3. The van der Waals surface area contributed by atoms with Crippen LogP contribution in [-0.4, -0.2) is 27.5 Å². The summed E-state index contributed by atoms with van der Waals surface area (Å²) in [6.07, 6.45) is 2.11. The van der Waals surface area contributed by atoms with Gasteiger partial charge in [-0.3, -0.25) is 0 Å². The lowest BCUT2D eigenvalue weighted by Gasteiger charge is -2.16. The molecule has 2 aliphatic rings. The van der Waals surface area contributed by atoms with Gasteiger partial charge in [0.15, 0.2) is 0 Å². The van der Waals surface area contributed by atoms with Crippen LogP contribution in [0.2, 0.25) is 0 Å². The van der Waals surface area contributed by atoms with Crippen molar-refractivity contribution in [3.8, 4) is 0 Å². The van der Waals surface area contributed by atoms with Gasteiger partial charge in [0.25, 0.3) is 0 Å². The Morgan fingerprint density at radius 3 is 2.46 bits per heavy atom. The maximum absolute atomic E-state index is 12.9. The molecule has 0 spiro atoms. The topological polar surface area (TPSA) is 58.2 Å². The number of rotatable bonds is 2. The van der Waals surface area contributed by atoms with Crippen molar-refractivity contribution in [2.24, 2.45) is 0 Å². The summed E-state index contributed by atoms with van der Waals surface area (Å²) in [5, 5.41) is 6.99. The van der Waals surface area contributed by atoms with Crippen molar-refractivity contribution in [3.63, 3.8) is 0 Å². The zero-order valence-electron chi connectivity index (χ0n) is 13.7. The molecule has 0 unspecified atom stereocenters. The van der Waals surface area contributed by atoms with Gasteiger partial charge in [-0.25, -0.2) is 8.42 Å². The molecule has 2 atom stereocenters. The molecule has 2 N–H and O–H groups in total. The van der Waals surface area contributed by atoms with Gasteiger partial charge >= 0.3 is 0 Å². The van der Waals surface area contributed by atoms with Gasteiger partial charge in [-0.2, -0.15) is 0 Å². The smallest absolute Gasteiger partial charge is 0.206 e. The molecular weight excluding hydrogens is 320 g/mol. The van der Waals surface area contributed by atoms with Gasteiger partial charge in [0.2, 0.25) is 9.84 Å². The second-order valence-electron chi connectivity index (χ2n) is 6.75. The average molecular weight is 342 g/mol. The minimum absolute atomic E-state index is 0.359. The lowest BCUT2D eigenvalue weighted by molar-refractivity contribution is 0.576. The predicted octanol–water partition coefficient (Wildman–Crippen LogP) is 3.09. The van der Waals surface area contributed by atoms with Crippen LogP contribution in [0.1, 0.15) is 29.9 Å². The molecule has 126 valence electrons. The van der Waals surface area contributed by atoms with Crippen molar-refractivity contribution >= 4 is 15.5 Å². The zero-order valence-corrected chi connectivity index (χ0v) is 14.6. The minimum Gasteiger partial charge on any atom is -0.381 e. The molecule has 0 aliphatic carbocycles. The second-order valence-corrected chi connectivity index (χ2v) is 8.70. The highest BCUT2D eigenvalue weighted by Gasteiger charge is 2.33. The number of hydrogen-bond acceptors (Lipinski definition) is 4. The van der Waals surface area contributed by atoms with Crippen LogP contribution in [0.25, 0.3) is 0 Å². The van der Waals surface area contributed by atoms with Crippen LogP contribution in [0.3, 0.4) is 0 Å². The number of nitrogens with one attached hydrogen (secondary N) is 2. The van der Waals surface area contributed by atoms with E-state index in [2.05, 4.69) is 10.6 Å². The van der Waals surface area contributed by atoms with Gasteiger partial charge in [0.1, 0.15) is 0 Å². The van der Waals surface area contributed by atoms with Gasteiger partial charge in [0, 0.05) is 17.6 Å². The fourth-order valence-electron chi connectivity index (χ4n) is 3.79. The summed E-state index contributed by atoms with van der Waals surface area (Å²) >= 11 is 0. The molecule has 2 aliphatic heterocycles. The van der Waals surface area contributed by atoms with Crippen LogP contribution >= 0.6 is 0 Å². The predicted molar refractivity (Wildman–Crippen MR) is 95.3 cm³/mol. The summed E-state index contributed by atoms with van der Waals surface area (Å²) in [6, 6.07) is 13.0. The summed E-state index contributed by atoms with van der Waals surface area (Å²) in [5.41, 5.74) is 3.30. The van der Waals surface area contributed by atoms with E-state index in [1.54, 1.807) is 18.2 Å². The molecule has 5 heteroatoms. The average Bonchev–Trinajstić information content (AvgIpc) is 2.75. The Morgan fingerprint density at radius 2 is 1.67 bits per heavy atom. The Labute approximate surface area is 143 Å².